The first-order valence-corrected chi connectivity index (χ1v) is 11.9. The van der Waals surface area contributed by atoms with Crippen LogP contribution in [-0.2, 0) is 24.1 Å². The minimum absolute atomic E-state index is 0.0199. The van der Waals surface area contributed by atoms with Gasteiger partial charge in [0.05, 0.1) is 19.2 Å². The zero-order valence-corrected chi connectivity index (χ0v) is 21.1. The van der Waals surface area contributed by atoms with Crippen molar-refractivity contribution in [3.8, 4) is 11.5 Å². The molecule has 34 heavy (non-hydrogen) atoms. The van der Waals surface area contributed by atoms with Crippen LogP contribution in [0.4, 0.5) is 0 Å². The third-order valence-corrected chi connectivity index (χ3v) is 6.11. The summed E-state index contributed by atoms with van der Waals surface area (Å²) in [5.74, 6) is 1.41. The number of methoxy groups -OCH3 is 2. The maximum absolute atomic E-state index is 13.2. The number of hydrogen-bond acceptors (Lipinski definition) is 4. The van der Waals surface area contributed by atoms with E-state index >= 15 is 0 Å². The first-order chi connectivity index (χ1) is 16.4. The lowest BCUT2D eigenvalue weighted by Gasteiger charge is -2.18. The molecule has 0 unspecified atom stereocenters. The van der Waals surface area contributed by atoms with E-state index in [2.05, 4.69) is 45.1 Å². The third kappa shape index (κ3) is 6.51. The van der Waals surface area contributed by atoms with Gasteiger partial charge in [-0.25, -0.2) is 0 Å². The number of allylic oxidation sites excluding steroid dienone is 4. The summed E-state index contributed by atoms with van der Waals surface area (Å²) in [4.78, 5) is 15.1. The second-order valence-corrected chi connectivity index (χ2v) is 9.00. The Hall–Kier alpha value is -3.05. The zero-order chi connectivity index (χ0) is 24.5. The lowest BCUT2D eigenvalue weighted by Crippen LogP contribution is -2.26. The monoisotopic (exact) mass is 463 g/mol. The van der Waals surface area contributed by atoms with Gasteiger partial charge in [-0.2, -0.15) is 0 Å². The van der Waals surface area contributed by atoms with Crippen LogP contribution in [0, 0.1) is 0 Å². The minimum Gasteiger partial charge on any atom is -0.496 e. The summed E-state index contributed by atoms with van der Waals surface area (Å²) in [6, 6.07) is 12.1. The Labute approximate surface area is 204 Å². The molecule has 0 spiro atoms. The predicted molar refractivity (Wildman–Crippen MR) is 137 cm³/mol. The van der Waals surface area contributed by atoms with Crippen LogP contribution in [0.2, 0.25) is 0 Å². The van der Waals surface area contributed by atoms with Crippen molar-refractivity contribution in [2.24, 2.45) is 0 Å². The molecule has 1 amide bonds. The van der Waals surface area contributed by atoms with Crippen molar-refractivity contribution < 1.29 is 19.0 Å². The fourth-order valence-corrected chi connectivity index (χ4v) is 4.23. The molecule has 5 heteroatoms. The number of carbonyl (C=O) groups is 1. The second-order valence-electron chi connectivity index (χ2n) is 9.00. The summed E-state index contributed by atoms with van der Waals surface area (Å²) in [7, 11) is 3.24. The molecule has 0 bridgehead atoms. The van der Waals surface area contributed by atoms with Crippen LogP contribution in [0.15, 0.2) is 59.7 Å². The SMILES string of the molecule is COCOc1c(C/C=C(\C)CCC=C(C)C)c(OC)cc2c1CN(CCc1ccccc1)C2=O. The van der Waals surface area contributed by atoms with E-state index in [0.29, 0.717) is 36.6 Å². The normalized spacial score (nSPS) is 13.1. The van der Waals surface area contributed by atoms with E-state index in [-0.39, 0.29) is 12.7 Å². The quantitative estimate of drug-likeness (QED) is 0.281. The standard InChI is InChI=1S/C29H37NO4/c1-21(2)10-9-11-22(3)14-15-24-27(33-5)18-25-26(28(24)34-20-32-4)19-30(29(25)31)17-16-23-12-7-6-8-13-23/h6-8,10,12-14,18H,9,11,15-17,19-20H2,1-5H3/b22-14+. The number of carbonyl (C=O) groups excluding carboxylic acids is 1. The highest BCUT2D eigenvalue weighted by Crippen LogP contribution is 2.40. The van der Waals surface area contributed by atoms with Crippen LogP contribution in [-0.4, -0.2) is 38.4 Å². The minimum atomic E-state index is 0.0199. The van der Waals surface area contributed by atoms with Crippen LogP contribution < -0.4 is 9.47 Å². The molecule has 2 aromatic rings. The topological polar surface area (TPSA) is 48.0 Å². The third-order valence-electron chi connectivity index (χ3n) is 6.11. The summed E-state index contributed by atoms with van der Waals surface area (Å²) in [6.07, 6.45) is 8.02. The largest absolute Gasteiger partial charge is 0.496 e. The Morgan fingerprint density at radius 3 is 2.53 bits per heavy atom. The highest BCUT2D eigenvalue weighted by Gasteiger charge is 2.33. The van der Waals surface area contributed by atoms with Crippen molar-refractivity contribution >= 4 is 5.91 Å². The van der Waals surface area contributed by atoms with E-state index in [4.69, 9.17) is 14.2 Å². The van der Waals surface area contributed by atoms with Crippen molar-refractivity contribution in [3.63, 3.8) is 0 Å². The lowest BCUT2D eigenvalue weighted by molar-refractivity contribution is 0.0494. The highest BCUT2D eigenvalue weighted by molar-refractivity contribution is 6.00. The van der Waals surface area contributed by atoms with Crippen molar-refractivity contribution in [1.29, 1.82) is 0 Å². The Morgan fingerprint density at radius 2 is 1.85 bits per heavy atom. The highest BCUT2D eigenvalue weighted by atomic mass is 16.7. The van der Waals surface area contributed by atoms with Gasteiger partial charge in [-0.1, -0.05) is 53.6 Å². The van der Waals surface area contributed by atoms with E-state index in [9.17, 15) is 4.79 Å². The number of benzene rings is 2. The molecule has 3 rings (SSSR count). The van der Waals surface area contributed by atoms with Crippen LogP contribution in [0.3, 0.4) is 0 Å². The molecule has 0 aliphatic carbocycles. The van der Waals surface area contributed by atoms with Crippen molar-refractivity contribution in [1.82, 2.24) is 4.90 Å². The summed E-state index contributed by atoms with van der Waals surface area (Å²) in [5, 5.41) is 0. The van der Waals surface area contributed by atoms with Crippen molar-refractivity contribution in [2.45, 2.75) is 53.0 Å². The first-order valence-electron chi connectivity index (χ1n) is 11.9. The van der Waals surface area contributed by atoms with Crippen LogP contribution >= 0.6 is 0 Å². The maximum atomic E-state index is 13.2. The molecule has 0 atom stereocenters. The van der Waals surface area contributed by atoms with Crippen molar-refractivity contribution in [3.05, 3.63) is 82.0 Å². The van der Waals surface area contributed by atoms with Crippen LogP contribution in [0.1, 0.15) is 60.7 Å². The van der Waals surface area contributed by atoms with Gasteiger partial charge < -0.3 is 19.1 Å². The van der Waals surface area contributed by atoms with Gasteiger partial charge in [0.1, 0.15) is 11.5 Å². The number of fused-ring (bicyclic) bond motifs is 1. The molecule has 1 aliphatic heterocycles. The molecule has 1 heterocycles. The number of rotatable bonds is 12. The van der Waals surface area contributed by atoms with Crippen LogP contribution in [0.25, 0.3) is 0 Å². The number of amides is 1. The average molecular weight is 464 g/mol. The number of hydrogen-bond donors (Lipinski definition) is 0. The van der Waals surface area contributed by atoms with E-state index in [0.717, 1.165) is 30.4 Å². The molecular formula is C29H37NO4. The van der Waals surface area contributed by atoms with Gasteiger partial charge in [0, 0.05) is 24.8 Å². The summed E-state index contributed by atoms with van der Waals surface area (Å²) in [5.41, 5.74) is 6.40. The second kappa shape index (κ2) is 12.4. The molecule has 5 nitrogen and oxygen atoms in total. The van der Waals surface area contributed by atoms with E-state index in [1.54, 1.807) is 14.2 Å². The van der Waals surface area contributed by atoms with Gasteiger partial charge in [0.2, 0.25) is 0 Å². The van der Waals surface area contributed by atoms with Gasteiger partial charge >= 0.3 is 0 Å². The predicted octanol–water partition coefficient (Wildman–Crippen LogP) is 6.11. The van der Waals surface area contributed by atoms with E-state index in [1.807, 2.05) is 29.2 Å². The first kappa shape index (κ1) is 25.6. The molecule has 0 saturated carbocycles. The summed E-state index contributed by atoms with van der Waals surface area (Å²) >= 11 is 0. The van der Waals surface area contributed by atoms with Gasteiger partial charge in [0.15, 0.2) is 6.79 Å². The Kier molecular flexibility index (Phi) is 9.34. The number of ether oxygens (including phenoxy) is 3. The molecule has 0 radical (unpaired) electrons. The zero-order valence-electron chi connectivity index (χ0n) is 21.1. The van der Waals surface area contributed by atoms with Crippen molar-refractivity contribution in [2.75, 3.05) is 27.6 Å². The molecule has 0 N–H and O–H groups in total. The van der Waals surface area contributed by atoms with E-state index in [1.165, 1.54) is 16.7 Å². The van der Waals surface area contributed by atoms with Gasteiger partial charge in [-0.05, 0) is 58.1 Å². The van der Waals surface area contributed by atoms with Gasteiger partial charge in [-0.15, -0.1) is 0 Å². The lowest BCUT2D eigenvalue weighted by atomic mass is 9.99. The fourth-order valence-electron chi connectivity index (χ4n) is 4.23. The smallest absolute Gasteiger partial charge is 0.254 e. The molecule has 0 saturated heterocycles. The van der Waals surface area contributed by atoms with Gasteiger partial charge in [-0.3, -0.25) is 4.79 Å². The number of nitrogens with zero attached hydrogens (tertiary/aromatic N) is 1. The molecule has 182 valence electrons. The van der Waals surface area contributed by atoms with Crippen LogP contribution in [0.5, 0.6) is 11.5 Å². The maximum Gasteiger partial charge on any atom is 0.254 e. The van der Waals surface area contributed by atoms with E-state index < -0.39 is 0 Å². The molecule has 0 aromatic heterocycles. The molecule has 2 aromatic carbocycles. The summed E-state index contributed by atoms with van der Waals surface area (Å²) < 4.78 is 17.0. The molecule has 1 aliphatic rings. The Bertz CT molecular complexity index is 1040. The van der Waals surface area contributed by atoms with Gasteiger partial charge in [0.25, 0.3) is 5.91 Å². The molecule has 0 fully saturated rings. The molecular weight excluding hydrogens is 426 g/mol. The average Bonchev–Trinajstić information content (AvgIpc) is 3.15. The Morgan fingerprint density at radius 1 is 1.09 bits per heavy atom. The summed E-state index contributed by atoms with van der Waals surface area (Å²) in [6.45, 7) is 7.70. The fraction of sp³-hybridized carbons (Fsp3) is 0.414. The Balaban J connectivity index is 1.85.